The third kappa shape index (κ3) is 4.80. The Labute approximate surface area is 96.5 Å². The van der Waals surface area contributed by atoms with Gasteiger partial charge in [-0.1, -0.05) is 0 Å². The van der Waals surface area contributed by atoms with Crippen LogP contribution in [0.15, 0.2) is 12.1 Å². The van der Waals surface area contributed by atoms with Crippen molar-refractivity contribution in [2.75, 3.05) is 19.5 Å². The molecule has 1 aromatic rings. The van der Waals surface area contributed by atoms with E-state index >= 15 is 0 Å². The molecule has 0 unspecified atom stereocenters. The molecular weight excluding hydrogens is 237 g/mol. The number of anilines is 1. The fourth-order valence-corrected chi connectivity index (χ4v) is 1.13. The molecule has 1 rings (SSSR count). The van der Waals surface area contributed by atoms with Crippen molar-refractivity contribution in [1.82, 2.24) is 4.98 Å². The summed E-state index contributed by atoms with van der Waals surface area (Å²) in [6, 6.07) is 3.00. The molecule has 1 aromatic heterocycles. The fourth-order valence-electron chi connectivity index (χ4n) is 1.13. The summed E-state index contributed by atoms with van der Waals surface area (Å²) in [6.07, 6.45) is -5.15. The Balaban J connectivity index is 2.42. The van der Waals surface area contributed by atoms with Gasteiger partial charge in [0.05, 0.1) is 19.4 Å². The largest absolute Gasteiger partial charge is 0.479 e. The summed E-state index contributed by atoms with van der Waals surface area (Å²) in [5.74, 6) is 0.386. The second-order valence-corrected chi connectivity index (χ2v) is 3.32. The summed E-state index contributed by atoms with van der Waals surface area (Å²) in [5.41, 5.74) is 5.86. The van der Waals surface area contributed by atoms with Gasteiger partial charge in [-0.2, -0.15) is 18.2 Å². The van der Waals surface area contributed by atoms with Gasteiger partial charge < -0.3 is 15.2 Å². The zero-order valence-electron chi connectivity index (χ0n) is 9.25. The Hall–Kier alpha value is -1.66. The van der Waals surface area contributed by atoms with Gasteiger partial charge >= 0.3 is 6.18 Å². The van der Waals surface area contributed by atoms with Crippen molar-refractivity contribution in [3.63, 3.8) is 0 Å². The summed E-state index contributed by atoms with van der Waals surface area (Å²) in [7, 11) is 1.39. The van der Waals surface area contributed by atoms with Crippen LogP contribution in [0.4, 0.5) is 18.9 Å². The Morgan fingerprint density at radius 2 is 2.06 bits per heavy atom. The number of halogens is 3. The monoisotopic (exact) mass is 250 g/mol. The van der Waals surface area contributed by atoms with E-state index in [1.807, 2.05) is 0 Å². The lowest BCUT2D eigenvalue weighted by Crippen LogP contribution is -2.10. The van der Waals surface area contributed by atoms with Crippen LogP contribution in [0.1, 0.15) is 12.8 Å². The first-order valence-corrected chi connectivity index (χ1v) is 4.92. The van der Waals surface area contributed by atoms with Crippen LogP contribution in [0.3, 0.4) is 0 Å². The predicted octanol–water partition coefficient (Wildman–Crippen LogP) is 2.39. The number of hydrogen-bond acceptors (Lipinski definition) is 4. The minimum Gasteiger partial charge on any atom is -0.479 e. The van der Waals surface area contributed by atoms with Crippen LogP contribution in [0, 0.1) is 0 Å². The predicted molar refractivity (Wildman–Crippen MR) is 56.0 cm³/mol. The smallest absolute Gasteiger partial charge is 0.389 e. The van der Waals surface area contributed by atoms with Crippen molar-refractivity contribution in [2.24, 2.45) is 0 Å². The molecule has 4 nitrogen and oxygen atoms in total. The molecule has 1 heterocycles. The topological polar surface area (TPSA) is 57.4 Å². The lowest BCUT2D eigenvalue weighted by atomic mass is 10.3. The first-order valence-electron chi connectivity index (χ1n) is 4.92. The Bertz CT molecular complexity index is 369. The number of aromatic nitrogens is 1. The molecule has 0 saturated carbocycles. The minimum atomic E-state index is -4.16. The van der Waals surface area contributed by atoms with Gasteiger partial charge in [-0.05, 0) is 12.5 Å². The molecule has 0 radical (unpaired) electrons. The normalized spacial score (nSPS) is 11.3. The van der Waals surface area contributed by atoms with Crippen LogP contribution in [0.5, 0.6) is 11.8 Å². The summed E-state index contributed by atoms with van der Waals surface area (Å²) in [5, 5.41) is 0. The molecule has 17 heavy (non-hydrogen) atoms. The van der Waals surface area contributed by atoms with Crippen LogP contribution in [0.2, 0.25) is 0 Å². The minimum absolute atomic E-state index is 0.0560. The lowest BCUT2D eigenvalue weighted by Gasteiger charge is -2.09. The molecular formula is C10H13F3N2O2. The highest BCUT2D eigenvalue weighted by molar-refractivity contribution is 5.49. The molecule has 0 atom stereocenters. The quantitative estimate of drug-likeness (QED) is 0.815. The number of ether oxygens (including phenoxy) is 2. The summed E-state index contributed by atoms with van der Waals surface area (Å²) in [4.78, 5) is 3.87. The lowest BCUT2D eigenvalue weighted by molar-refractivity contribution is -0.136. The number of pyridine rings is 1. The zero-order valence-corrected chi connectivity index (χ0v) is 9.25. The SMILES string of the molecule is COc1nc(OCCCC(F)(F)F)ccc1N. The molecule has 0 spiro atoms. The van der Waals surface area contributed by atoms with E-state index in [9.17, 15) is 13.2 Å². The Kier molecular flexibility index (Phi) is 4.42. The Morgan fingerprint density at radius 3 is 2.65 bits per heavy atom. The average Bonchev–Trinajstić information content (AvgIpc) is 2.25. The number of rotatable bonds is 5. The molecule has 0 bridgehead atoms. The first-order chi connectivity index (χ1) is 7.92. The molecule has 0 amide bonds. The molecule has 0 aliphatic heterocycles. The standard InChI is InChI=1S/C10H13F3N2O2/c1-16-9-7(14)3-4-8(15-9)17-6-2-5-10(11,12)13/h3-4H,2,5-6,14H2,1H3. The summed E-state index contributed by atoms with van der Waals surface area (Å²) in [6.45, 7) is -0.0560. The molecule has 0 saturated heterocycles. The van der Waals surface area contributed by atoms with Gasteiger partial charge in [0.25, 0.3) is 0 Å². The van der Waals surface area contributed by atoms with Crippen LogP contribution < -0.4 is 15.2 Å². The van der Waals surface area contributed by atoms with E-state index in [2.05, 4.69) is 4.98 Å². The van der Waals surface area contributed by atoms with Crippen molar-refractivity contribution < 1.29 is 22.6 Å². The Morgan fingerprint density at radius 1 is 1.35 bits per heavy atom. The second kappa shape index (κ2) is 5.60. The maximum atomic E-state index is 11.8. The molecule has 0 aliphatic carbocycles. The average molecular weight is 250 g/mol. The van der Waals surface area contributed by atoms with E-state index in [-0.39, 0.29) is 24.8 Å². The number of nitrogens with zero attached hydrogens (tertiary/aromatic N) is 1. The highest BCUT2D eigenvalue weighted by Crippen LogP contribution is 2.23. The van der Waals surface area contributed by atoms with E-state index < -0.39 is 12.6 Å². The molecule has 96 valence electrons. The van der Waals surface area contributed by atoms with Gasteiger partial charge in [-0.15, -0.1) is 0 Å². The number of hydrogen-bond donors (Lipinski definition) is 1. The summed E-state index contributed by atoms with van der Waals surface area (Å²) < 4.78 is 45.4. The van der Waals surface area contributed by atoms with Gasteiger partial charge in [-0.3, -0.25) is 0 Å². The van der Waals surface area contributed by atoms with Crippen molar-refractivity contribution in [2.45, 2.75) is 19.0 Å². The van der Waals surface area contributed by atoms with E-state index in [1.54, 1.807) is 0 Å². The van der Waals surface area contributed by atoms with Crippen molar-refractivity contribution in [3.05, 3.63) is 12.1 Å². The first kappa shape index (κ1) is 13.4. The highest BCUT2D eigenvalue weighted by Gasteiger charge is 2.26. The van der Waals surface area contributed by atoms with E-state index in [0.717, 1.165) is 0 Å². The van der Waals surface area contributed by atoms with Crippen molar-refractivity contribution in [1.29, 1.82) is 0 Å². The second-order valence-electron chi connectivity index (χ2n) is 3.32. The number of nitrogen functional groups attached to an aromatic ring is 1. The van der Waals surface area contributed by atoms with Crippen LogP contribution in [0.25, 0.3) is 0 Å². The van der Waals surface area contributed by atoms with Crippen LogP contribution in [-0.2, 0) is 0 Å². The van der Waals surface area contributed by atoms with Crippen molar-refractivity contribution in [3.8, 4) is 11.8 Å². The molecule has 7 heteroatoms. The van der Waals surface area contributed by atoms with Gasteiger partial charge in [-0.25, -0.2) is 0 Å². The third-order valence-corrected chi connectivity index (χ3v) is 1.91. The van der Waals surface area contributed by atoms with Crippen LogP contribution >= 0.6 is 0 Å². The van der Waals surface area contributed by atoms with Gasteiger partial charge in [0, 0.05) is 12.5 Å². The number of methoxy groups -OCH3 is 1. The van der Waals surface area contributed by atoms with Gasteiger partial charge in [0.2, 0.25) is 11.8 Å². The molecule has 0 aromatic carbocycles. The van der Waals surface area contributed by atoms with Gasteiger partial charge in [0.15, 0.2) is 0 Å². The van der Waals surface area contributed by atoms with E-state index in [0.29, 0.717) is 5.69 Å². The number of alkyl halides is 3. The maximum Gasteiger partial charge on any atom is 0.389 e. The summed E-state index contributed by atoms with van der Waals surface area (Å²) >= 11 is 0. The molecule has 0 aliphatic rings. The van der Waals surface area contributed by atoms with Gasteiger partial charge in [0.1, 0.15) is 0 Å². The fraction of sp³-hybridized carbons (Fsp3) is 0.500. The molecule has 0 fully saturated rings. The zero-order chi connectivity index (χ0) is 12.9. The van der Waals surface area contributed by atoms with Crippen LogP contribution in [-0.4, -0.2) is 24.9 Å². The maximum absolute atomic E-state index is 11.8. The third-order valence-electron chi connectivity index (χ3n) is 1.91. The van der Waals surface area contributed by atoms with E-state index in [4.69, 9.17) is 15.2 Å². The van der Waals surface area contributed by atoms with E-state index in [1.165, 1.54) is 19.2 Å². The van der Waals surface area contributed by atoms with Crippen molar-refractivity contribution >= 4 is 5.69 Å². The number of nitrogens with two attached hydrogens (primary N) is 1. The molecule has 2 N–H and O–H groups in total. The highest BCUT2D eigenvalue weighted by atomic mass is 19.4.